The molecule has 31 heavy (non-hydrogen) atoms. The van der Waals surface area contributed by atoms with Crippen molar-refractivity contribution in [2.24, 2.45) is 0 Å². The minimum atomic E-state index is -0.470. The van der Waals surface area contributed by atoms with Gasteiger partial charge in [-0.05, 0) is 23.8 Å². The Morgan fingerprint density at radius 2 is 1.39 bits per heavy atom. The van der Waals surface area contributed by atoms with Gasteiger partial charge in [0.15, 0.2) is 0 Å². The second-order valence-corrected chi connectivity index (χ2v) is 8.55. The molecule has 0 aliphatic carbocycles. The average Bonchev–Trinajstić information content (AvgIpc) is 3.09. The van der Waals surface area contributed by atoms with Crippen LogP contribution in [0.3, 0.4) is 0 Å². The summed E-state index contributed by atoms with van der Waals surface area (Å²) < 4.78 is 2.14. The maximum atomic E-state index is 10.9. The van der Waals surface area contributed by atoms with Crippen LogP contribution in [0, 0.1) is 0 Å². The lowest BCUT2D eigenvalue weighted by atomic mass is 10.1. The first-order valence-electron chi connectivity index (χ1n) is 11.0. The third kappa shape index (κ3) is 4.30. The number of β-amino-alcohol motifs (C(OH)–C–C–N with tert-alkyl or cyclic N) is 1. The molecule has 0 saturated carbocycles. The van der Waals surface area contributed by atoms with Crippen molar-refractivity contribution in [3.8, 4) is 5.75 Å². The van der Waals surface area contributed by atoms with Gasteiger partial charge >= 0.3 is 0 Å². The van der Waals surface area contributed by atoms with E-state index in [9.17, 15) is 10.2 Å². The van der Waals surface area contributed by atoms with E-state index in [0.717, 1.165) is 54.5 Å². The summed E-state index contributed by atoms with van der Waals surface area (Å²) in [5, 5.41) is 23.2. The number of hydrogen-bond donors (Lipinski definition) is 2. The van der Waals surface area contributed by atoms with Crippen molar-refractivity contribution in [2.45, 2.75) is 19.2 Å². The Kier molecular flexibility index (Phi) is 5.64. The first kappa shape index (κ1) is 20.1. The van der Waals surface area contributed by atoms with E-state index >= 15 is 0 Å². The maximum Gasteiger partial charge on any atom is 0.117 e. The van der Waals surface area contributed by atoms with Crippen LogP contribution in [0.2, 0.25) is 0 Å². The zero-order valence-corrected chi connectivity index (χ0v) is 17.7. The van der Waals surface area contributed by atoms with E-state index in [1.807, 2.05) is 18.2 Å². The molecule has 5 rings (SSSR count). The predicted molar refractivity (Wildman–Crippen MR) is 125 cm³/mol. The fourth-order valence-electron chi connectivity index (χ4n) is 4.77. The fraction of sp³-hybridized carbons (Fsp3) is 0.308. The molecule has 1 fully saturated rings. The van der Waals surface area contributed by atoms with E-state index in [-0.39, 0.29) is 5.75 Å². The lowest BCUT2D eigenvalue weighted by Gasteiger charge is -2.35. The number of piperazine rings is 1. The number of aliphatic hydroxyl groups excluding tert-OH is 1. The average molecular weight is 416 g/mol. The maximum absolute atomic E-state index is 10.9. The van der Waals surface area contributed by atoms with E-state index < -0.39 is 6.10 Å². The molecule has 1 atom stereocenters. The van der Waals surface area contributed by atoms with E-state index in [0.29, 0.717) is 13.1 Å². The highest BCUT2D eigenvalue weighted by Gasteiger charge is 2.21. The highest BCUT2D eigenvalue weighted by atomic mass is 16.3. The lowest BCUT2D eigenvalue weighted by molar-refractivity contribution is 0.0634. The zero-order chi connectivity index (χ0) is 21.2. The molecule has 1 aliphatic heterocycles. The van der Waals surface area contributed by atoms with Crippen LogP contribution >= 0.6 is 0 Å². The van der Waals surface area contributed by atoms with Crippen LogP contribution in [0.5, 0.6) is 5.75 Å². The molecule has 1 aromatic heterocycles. The normalized spacial score (nSPS) is 16.8. The van der Waals surface area contributed by atoms with Crippen molar-refractivity contribution < 1.29 is 10.2 Å². The Balaban J connectivity index is 1.24. The van der Waals surface area contributed by atoms with Gasteiger partial charge in [0.2, 0.25) is 0 Å². The molecule has 1 aliphatic rings. The van der Waals surface area contributed by atoms with E-state index in [4.69, 9.17) is 0 Å². The highest BCUT2D eigenvalue weighted by Crippen LogP contribution is 2.31. The van der Waals surface area contributed by atoms with Crippen molar-refractivity contribution in [2.75, 3.05) is 32.7 Å². The Bertz CT molecular complexity index is 1160. The van der Waals surface area contributed by atoms with Gasteiger partial charge in [-0.3, -0.25) is 9.80 Å². The number of aromatic hydroxyl groups is 1. The van der Waals surface area contributed by atoms with Crippen LogP contribution in [0.15, 0.2) is 72.8 Å². The van der Waals surface area contributed by atoms with Gasteiger partial charge < -0.3 is 14.8 Å². The summed E-state index contributed by atoms with van der Waals surface area (Å²) in [4.78, 5) is 4.84. The summed E-state index contributed by atoms with van der Waals surface area (Å²) in [5.41, 5.74) is 3.41. The zero-order valence-electron chi connectivity index (χ0n) is 17.7. The topological polar surface area (TPSA) is 51.9 Å². The van der Waals surface area contributed by atoms with Crippen molar-refractivity contribution in [3.63, 3.8) is 0 Å². The molecule has 2 heterocycles. The number of fused-ring (bicyclic) bond motifs is 3. The number of phenolic OH excluding ortho intramolecular Hbond substituents is 1. The second-order valence-electron chi connectivity index (χ2n) is 8.55. The molecular formula is C26H29N3O2. The van der Waals surface area contributed by atoms with E-state index in [1.165, 1.54) is 5.56 Å². The number of nitrogens with zero attached hydrogens (tertiary/aromatic N) is 3. The van der Waals surface area contributed by atoms with Crippen LogP contribution in [0.1, 0.15) is 5.56 Å². The molecule has 5 heteroatoms. The molecule has 0 spiro atoms. The Hall–Kier alpha value is -2.86. The molecule has 0 bridgehead atoms. The van der Waals surface area contributed by atoms with Crippen LogP contribution in [0.4, 0.5) is 0 Å². The largest absolute Gasteiger partial charge is 0.508 e. The number of hydrogen-bond acceptors (Lipinski definition) is 4. The number of para-hydroxylation sites is 1. The first-order chi connectivity index (χ1) is 15.2. The predicted octanol–water partition coefficient (Wildman–Crippen LogP) is 3.68. The van der Waals surface area contributed by atoms with Gasteiger partial charge in [-0.2, -0.15) is 0 Å². The summed E-state index contributed by atoms with van der Waals surface area (Å²) in [5.74, 6) is 0.251. The number of rotatable bonds is 6. The minimum absolute atomic E-state index is 0.251. The fourth-order valence-corrected chi connectivity index (χ4v) is 4.77. The molecule has 2 N–H and O–H groups in total. The highest BCUT2D eigenvalue weighted by molar-refractivity contribution is 6.08. The SMILES string of the molecule is Oc1ccc2c3ccccc3n(CC(O)CN3CCN(Cc4ccccc4)CC3)c2c1. The molecule has 1 unspecified atom stereocenters. The summed E-state index contributed by atoms with van der Waals surface area (Å²) in [6.07, 6.45) is -0.470. The monoisotopic (exact) mass is 415 g/mol. The van der Waals surface area contributed by atoms with Crippen LogP contribution < -0.4 is 0 Å². The molecule has 4 aromatic rings. The number of aromatic nitrogens is 1. The van der Waals surface area contributed by atoms with Crippen LogP contribution in [-0.2, 0) is 13.1 Å². The lowest BCUT2D eigenvalue weighted by Crippen LogP contribution is -2.48. The quantitative estimate of drug-likeness (QED) is 0.504. The van der Waals surface area contributed by atoms with Gasteiger partial charge in [0.05, 0.1) is 18.2 Å². The van der Waals surface area contributed by atoms with Crippen molar-refractivity contribution >= 4 is 21.8 Å². The number of phenols is 1. The molecule has 0 radical (unpaired) electrons. The van der Waals surface area contributed by atoms with Gasteiger partial charge in [-0.25, -0.2) is 0 Å². The molecule has 3 aromatic carbocycles. The van der Waals surface area contributed by atoms with Gasteiger partial charge in [0.1, 0.15) is 5.75 Å². The Morgan fingerprint density at radius 3 is 2.19 bits per heavy atom. The number of aliphatic hydroxyl groups is 1. The van der Waals surface area contributed by atoms with Crippen molar-refractivity contribution in [3.05, 3.63) is 78.4 Å². The summed E-state index contributed by atoms with van der Waals surface area (Å²) >= 11 is 0. The van der Waals surface area contributed by atoms with Gasteiger partial charge in [0.25, 0.3) is 0 Å². The third-order valence-corrected chi connectivity index (χ3v) is 6.33. The van der Waals surface area contributed by atoms with E-state index in [1.54, 1.807) is 12.1 Å². The van der Waals surface area contributed by atoms with Gasteiger partial charge in [0, 0.05) is 61.6 Å². The Morgan fingerprint density at radius 1 is 0.710 bits per heavy atom. The first-order valence-corrected chi connectivity index (χ1v) is 11.0. The molecule has 160 valence electrons. The number of benzene rings is 3. The molecule has 1 saturated heterocycles. The standard InChI is InChI=1S/C26H29N3O2/c30-21-10-11-24-23-8-4-5-9-25(23)29(26(24)16-21)19-22(31)18-28-14-12-27(13-15-28)17-20-6-2-1-3-7-20/h1-11,16,22,30-31H,12-15,17-19H2. The summed E-state index contributed by atoms with van der Waals surface area (Å²) in [6, 6.07) is 24.3. The molecular weight excluding hydrogens is 386 g/mol. The van der Waals surface area contributed by atoms with Crippen molar-refractivity contribution in [1.82, 2.24) is 14.4 Å². The third-order valence-electron chi connectivity index (χ3n) is 6.33. The summed E-state index contributed by atoms with van der Waals surface area (Å²) in [6.45, 7) is 6.14. The van der Waals surface area contributed by atoms with Crippen LogP contribution in [-0.4, -0.2) is 63.4 Å². The molecule has 5 nitrogen and oxygen atoms in total. The van der Waals surface area contributed by atoms with Crippen LogP contribution in [0.25, 0.3) is 21.8 Å². The molecule has 0 amide bonds. The minimum Gasteiger partial charge on any atom is -0.508 e. The summed E-state index contributed by atoms with van der Waals surface area (Å²) in [7, 11) is 0. The van der Waals surface area contributed by atoms with Gasteiger partial charge in [-0.1, -0.05) is 48.5 Å². The van der Waals surface area contributed by atoms with E-state index in [2.05, 4.69) is 56.8 Å². The smallest absolute Gasteiger partial charge is 0.117 e. The Labute approximate surface area is 182 Å². The second kappa shape index (κ2) is 8.71. The van der Waals surface area contributed by atoms with Gasteiger partial charge in [-0.15, -0.1) is 0 Å². The van der Waals surface area contributed by atoms with Crippen molar-refractivity contribution in [1.29, 1.82) is 0 Å².